The Hall–Kier alpha value is -1.56. The number of nitrogens with zero attached hydrogens (tertiary/aromatic N) is 1. The molecule has 0 aromatic carbocycles. The van der Waals surface area contributed by atoms with Crippen LogP contribution in [0.4, 0.5) is 0 Å². The Morgan fingerprint density at radius 3 is 2.29 bits per heavy atom. The Labute approximate surface area is 227 Å². The van der Waals surface area contributed by atoms with Crippen molar-refractivity contribution in [2.45, 2.75) is 102 Å². The number of sulfonamides is 1. The molecule has 4 aliphatic rings. The molecule has 11 heteroatoms. The Morgan fingerprint density at radius 1 is 0.974 bits per heavy atom. The quantitative estimate of drug-likeness (QED) is 0.299. The fraction of sp³-hybridized carbons (Fsp3) is 0.889. The van der Waals surface area contributed by atoms with Crippen molar-refractivity contribution in [3.05, 3.63) is 0 Å². The summed E-state index contributed by atoms with van der Waals surface area (Å²) in [6.07, 6.45) is 11.2. The SMILES string of the molecule is CNC(C)C(=O)NC(C(=O)CS(=O)(=O)N1CCC2NCC(C(=O)NCC3CCCCC3)C21)C1CCCCC1. The van der Waals surface area contributed by atoms with E-state index in [1.807, 2.05) is 0 Å². The maximum absolute atomic E-state index is 13.6. The standard InChI is InChI=1S/C27H47N5O5S/c1-18(28-2)26(34)31-24(20-11-7-4-8-12-20)23(33)17-38(36,37)32-14-13-22-25(32)21(16-29-22)27(35)30-15-19-9-5-3-6-10-19/h18-22,24-25,28-29H,3-17H2,1-2H3,(H,30,35)(H,31,34). The number of Topliss-reactive ketones (excluding diaryl/α,β-unsaturated/α-hetero) is 1. The summed E-state index contributed by atoms with van der Waals surface area (Å²) in [6, 6.07) is -1.87. The smallest absolute Gasteiger partial charge is 0.237 e. The lowest BCUT2D eigenvalue weighted by molar-refractivity contribution is -0.129. The van der Waals surface area contributed by atoms with Gasteiger partial charge in [0.2, 0.25) is 21.8 Å². The van der Waals surface area contributed by atoms with Gasteiger partial charge in [-0.2, -0.15) is 4.31 Å². The number of fused-ring (bicyclic) bond motifs is 1. The van der Waals surface area contributed by atoms with Crippen molar-refractivity contribution in [2.24, 2.45) is 17.8 Å². The average Bonchev–Trinajstić information content (AvgIpc) is 3.53. The van der Waals surface area contributed by atoms with Gasteiger partial charge in [-0.25, -0.2) is 8.42 Å². The predicted octanol–water partition coefficient (Wildman–Crippen LogP) is 0.917. The largest absolute Gasteiger partial charge is 0.355 e. The van der Waals surface area contributed by atoms with Crippen LogP contribution in [0.5, 0.6) is 0 Å². The number of hydrogen-bond acceptors (Lipinski definition) is 7. The van der Waals surface area contributed by atoms with Gasteiger partial charge in [0, 0.05) is 25.7 Å². The van der Waals surface area contributed by atoms with Crippen LogP contribution in [0.25, 0.3) is 0 Å². The second-order valence-electron chi connectivity index (χ2n) is 11.9. The van der Waals surface area contributed by atoms with Crippen LogP contribution in [0.1, 0.15) is 77.6 Å². The van der Waals surface area contributed by atoms with E-state index in [0.717, 1.165) is 44.9 Å². The van der Waals surface area contributed by atoms with Crippen molar-refractivity contribution >= 4 is 27.6 Å². The van der Waals surface area contributed by atoms with Crippen LogP contribution >= 0.6 is 0 Å². The van der Waals surface area contributed by atoms with Crippen molar-refractivity contribution in [1.29, 1.82) is 0 Å². The summed E-state index contributed by atoms with van der Waals surface area (Å²) in [5, 5.41) is 12.2. The molecule has 2 aliphatic heterocycles. The van der Waals surface area contributed by atoms with E-state index in [2.05, 4.69) is 21.3 Å². The average molecular weight is 554 g/mol. The van der Waals surface area contributed by atoms with Crippen molar-refractivity contribution in [3.63, 3.8) is 0 Å². The van der Waals surface area contributed by atoms with Gasteiger partial charge in [-0.1, -0.05) is 38.5 Å². The van der Waals surface area contributed by atoms with Gasteiger partial charge in [-0.05, 0) is 57.9 Å². The van der Waals surface area contributed by atoms with Crippen LogP contribution < -0.4 is 21.3 Å². The first kappa shape index (κ1) is 29.4. The molecular weight excluding hydrogens is 506 g/mol. The van der Waals surface area contributed by atoms with Crippen LogP contribution in [-0.4, -0.2) is 86.9 Å². The van der Waals surface area contributed by atoms with Gasteiger partial charge in [0.25, 0.3) is 0 Å². The van der Waals surface area contributed by atoms with E-state index >= 15 is 0 Å². The fourth-order valence-corrected chi connectivity index (χ4v) is 8.67. The van der Waals surface area contributed by atoms with Gasteiger partial charge >= 0.3 is 0 Å². The third kappa shape index (κ3) is 6.95. The molecule has 0 spiro atoms. The summed E-state index contributed by atoms with van der Waals surface area (Å²) in [7, 11) is -2.29. The number of carbonyl (C=O) groups is 3. The molecule has 0 aromatic heterocycles. The van der Waals surface area contributed by atoms with Crippen LogP contribution in [0.15, 0.2) is 0 Å². The molecule has 4 rings (SSSR count). The normalized spacial score (nSPS) is 28.9. The van der Waals surface area contributed by atoms with E-state index in [0.29, 0.717) is 32.0 Å². The van der Waals surface area contributed by atoms with Crippen LogP contribution in [0.2, 0.25) is 0 Å². The third-order valence-electron chi connectivity index (χ3n) is 9.32. The molecule has 0 radical (unpaired) electrons. The first-order chi connectivity index (χ1) is 18.2. The zero-order chi connectivity index (χ0) is 27.3. The maximum atomic E-state index is 13.6. The molecule has 4 N–H and O–H groups in total. The van der Waals surface area contributed by atoms with Gasteiger partial charge in [0.15, 0.2) is 5.78 Å². The molecule has 10 nitrogen and oxygen atoms in total. The zero-order valence-corrected chi connectivity index (χ0v) is 23.9. The Morgan fingerprint density at radius 2 is 1.63 bits per heavy atom. The molecule has 5 atom stereocenters. The third-order valence-corrected chi connectivity index (χ3v) is 11.1. The summed E-state index contributed by atoms with van der Waals surface area (Å²) in [4.78, 5) is 39.3. The summed E-state index contributed by atoms with van der Waals surface area (Å²) >= 11 is 0. The molecule has 0 bridgehead atoms. The summed E-state index contributed by atoms with van der Waals surface area (Å²) in [5.74, 6) is -1.54. The molecular formula is C27H47N5O5S. The Bertz CT molecular complexity index is 948. The van der Waals surface area contributed by atoms with Crippen LogP contribution in [-0.2, 0) is 24.4 Å². The second kappa shape index (κ2) is 13.2. The van der Waals surface area contributed by atoms with E-state index in [-0.39, 0.29) is 23.8 Å². The minimum Gasteiger partial charge on any atom is -0.355 e. The van der Waals surface area contributed by atoms with Crippen molar-refractivity contribution < 1.29 is 22.8 Å². The van der Waals surface area contributed by atoms with E-state index in [1.54, 1.807) is 14.0 Å². The number of rotatable bonds is 11. The van der Waals surface area contributed by atoms with E-state index in [9.17, 15) is 22.8 Å². The van der Waals surface area contributed by atoms with Gasteiger partial charge in [-0.15, -0.1) is 0 Å². The highest BCUT2D eigenvalue weighted by molar-refractivity contribution is 7.89. The molecule has 2 aliphatic carbocycles. The monoisotopic (exact) mass is 553 g/mol. The molecule has 4 fully saturated rings. The first-order valence-electron chi connectivity index (χ1n) is 14.7. The van der Waals surface area contributed by atoms with Gasteiger partial charge in [0.05, 0.1) is 24.0 Å². The molecule has 2 heterocycles. The number of hydrogen-bond donors (Lipinski definition) is 4. The zero-order valence-electron chi connectivity index (χ0n) is 23.0. The molecule has 38 heavy (non-hydrogen) atoms. The fourth-order valence-electron chi connectivity index (χ4n) is 6.92. The number of likely N-dealkylation sites (N-methyl/N-ethyl adjacent to an activating group) is 1. The number of amides is 2. The van der Waals surface area contributed by atoms with Crippen LogP contribution in [0, 0.1) is 17.8 Å². The highest BCUT2D eigenvalue weighted by Crippen LogP contribution is 2.33. The van der Waals surface area contributed by atoms with Gasteiger partial charge in [0.1, 0.15) is 5.75 Å². The predicted molar refractivity (Wildman–Crippen MR) is 146 cm³/mol. The van der Waals surface area contributed by atoms with E-state index < -0.39 is 45.6 Å². The molecule has 2 amide bonds. The van der Waals surface area contributed by atoms with Gasteiger partial charge < -0.3 is 21.3 Å². The molecule has 2 saturated carbocycles. The second-order valence-corrected chi connectivity index (χ2v) is 13.8. The van der Waals surface area contributed by atoms with E-state index in [1.165, 1.54) is 23.6 Å². The Balaban J connectivity index is 1.42. The molecule has 5 unspecified atom stereocenters. The minimum absolute atomic E-state index is 0.0581. The van der Waals surface area contributed by atoms with Crippen LogP contribution in [0.3, 0.4) is 0 Å². The lowest BCUT2D eigenvalue weighted by Gasteiger charge is -2.32. The highest BCUT2D eigenvalue weighted by atomic mass is 32.2. The van der Waals surface area contributed by atoms with Gasteiger partial charge in [-0.3, -0.25) is 14.4 Å². The summed E-state index contributed by atoms with van der Waals surface area (Å²) in [6.45, 7) is 3.09. The number of ketones is 1. The van der Waals surface area contributed by atoms with E-state index in [4.69, 9.17) is 0 Å². The van der Waals surface area contributed by atoms with Crippen molar-refractivity contribution in [3.8, 4) is 0 Å². The summed E-state index contributed by atoms with van der Waals surface area (Å²) < 4.78 is 28.7. The lowest BCUT2D eigenvalue weighted by Crippen LogP contribution is -2.54. The topological polar surface area (TPSA) is 137 Å². The number of carbonyl (C=O) groups excluding carboxylic acids is 3. The number of nitrogens with one attached hydrogen (secondary N) is 4. The highest BCUT2D eigenvalue weighted by Gasteiger charge is 2.51. The van der Waals surface area contributed by atoms with Crippen molar-refractivity contribution in [2.75, 3.05) is 32.4 Å². The maximum Gasteiger partial charge on any atom is 0.237 e. The summed E-state index contributed by atoms with van der Waals surface area (Å²) in [5.41, 5.74) is 0. The van der Waals surface area contributed by atoms with Crippen molar-refractivity contribution in [1.82, 2.24) is 25.6 Å². The Kier molecular flexibility index (Phi) is 10.2. The molecule has 2 saturated heterocycles. The first-order valence-corrected chi connectivity index (χ1v) is 16.3. The minimum atomic E-state index is -3.96. The molecule has 216 valence electrons. The lowest BCUT2D eigenvalue weighted by atomic mass is 9.82. The molecule has 0 aromatic rings.